The average molecular weight is 349 g/mol. The highest BCUT2D eigenvalue weighted by atomic mass is 16.5. The van der Waals surface area contributed by atoms with Crippen molar-refractivity contribution in [3.63, 3.8) is 0 Å². The molecule has 0 saturated carbocycles. The molecule has 0 unspecified atom stereocenters. The molecule has 0 aromatic carbocycles. The molecule has 0 radical (unpaired) electrons. The van der Waals surface area contributed by atoms with Gasteiger partial charge in [-0.3, -0.25) is 14.9 Å². The molecule has 0 atom stereocenters. The quantitative estimate of drug-likeness (QED) is 0.684. The fourth-order valence-electron chi connectivity index (χ4n) is 3.40. The zero-order chi connectivity index (χ0) is 17.8. The normalized spacial score (nSPS) is 14.3. The van der Waals surface area contributed by atoms with E-state index in [1.54, 1.807) is 6.20 Å². The van der Waals surface area contributed by atoms with Crippen LogP contribution in [0, 0.1) is 0 Å². The molecule has 1 aliphatic heterocycles. The minimum atomic E-state index is 0.572. The number of fused-ring (bicyclic) bond motifs is 1. The van der Waals surface area contributed by atoms with Crippen LogP contribution in [0.5, 0.6) is 0 Å². The number of nitrogens with zero attached hydrogens (tertiary/aromatic N) is 5. The Hall–Kier alpha value is -2.57. The lowest BCUT2D eigenvalue weighted by Crippen LogP contribution is -2.31. The molecule has 0 bridgehead atoms. The fraction of sp³-hybridized carbons (Fsp3) is 0.350. The molecular formula is C20H23N5O. The van der Waals surface area contributed by atoms with Crippen LogP contribution >= 0.6 is 0 Å². The Bertz CT molecular complexity index is 862. The van der Waals surface area contributed by atoms with E-state index in [1.165, 1.54) is 16.7 Å². The smallest absolute Gasteiger partial charge is 0.122 e. The second kappa shape index (κ2) is 7.76. The Labute approximate surface area is 153 Å². The predicted molar refractivity (Wildman–Crippen MR) is 98.0 cm³/mol. The van der Waals surface area contributed by atoms with Crippen molar-refractivity contribution in [2.24, 2.45) is 7.05 Å². The average Bonchev–Trinajstić information content (AvgIpc) is 3.07. The SMILES string of the molecule is Cn1ccnc1CN1CCc2c(COCc3cccnc3)cncc2C1. The van der Waals surface area contributed by atoms with Gasteiger partial charge in [-0.25, -0.2) is 4.98 Å². The maximum absolute atomic E-state index is 5.89. The number of hydrogen-bond donors (Lipinski definition) is 0. The van der Waals surface area contributed by atoms with Crippen molar-refractivity contribution in [3.8, 4) is 0 Å². The highest BCUT2D eigenvalue weighted by Gasteiger charge is 2.20. The summed E-state index contributed by atoms with van der Waals surface area (Å²) in [5.74, 6) is 1.09. The van der Waals surface area contributed by atoms with Gasteiger partial charge in [-0.2, -0.15) is 0 Å². The monoisotopic (exact) mass is 349 g/mol. The summed E-state index contributed by atoms with van der Waals surface area (Å²) in [5, 5.41) is 0. The summed E-state index contributed by atoms with van der Waals surface area (Å²) >= 11 is 0. The topological polar surface area (TPSA) is 56.1 Å². The van der Waals surface area contributed by atoms with Gasteiger partial charge in [0.25, 0.3) is 0 Å². The molecule has 26 heavy (non-hydrogen) atoms. The van der Waals surface area contributed by atoms with Gasteiger partial charge in [0.15, 0.2) is 0 Å². The first-order chi connectivity index (χ1) is 12.8. The predicted octanol–water partition coefficient (Wildman–Crippen LogP) is 2.49. The summed E-state index contributed by atoms with van der Waals surface area (Å²) in [7, 11) is 2.04. The lowest BCUT2D eigenvalue weighted by molar-refractivity contribution is 0.105. The second-order valence-electron chi connectivity index (χ2n) is 6.71. The number of aromatic nitrogens is 4. The van der Waals surface area contributed by atoms with Crippen LogP contribution in [0.2, 0.25) is 0 Å². The van der Waals surface area contributed by atoms with Crippen LogP contribution in [0.15, 0.2) is 49.3 Å². The molecule has 0 N–H and O–H groups in total. The van der Waals surface area contributed by atoms with Crippen LogP contribution in [0.3, 0.4) is 0 Å². The molecule has 4 rings (SSSR count). The minimum absolute atomic E-state index is 0.572. The number of pyridine rings is 2. The van der Waals surface area contributed by atoms with Crippen molar-refractivity contribution in [1.82, 2.24) is 24.4 Å². The molecule has 6 heteroatoms. The zero-order valence-electron chi connectivity index (χ0n) is 15.0. The molecule has 0 spiro atoms. The molecule has 6 nitrogen and oxygen atoms in total. The van der Waals surface area contributed by atoms with E-state index in [4.69, 9.17) is 4.74 Å². The number of hydrogen-bond acceptors (Lipinski definition) is 5. The molecule has 0 saturated heterocycles. The fourth-order valence-corrected chi connectivity index (χ4v) is 3.40. The van der Waals surface area contributed by atoms with Crippen LogP contribution in [-0.4, -0.2) is 31.0 Å². The van der Waals surface area contributed by atoms with E-state index in [-0.39, 0.29) is 0 Å². The van der Waals surface area contributed by atoms with E-state index in [0.29, 0.717) is 13.2 Å². The van der Waals surface area contributed by atoms with Gasteiger partial charge in [-0.1, -0.05) is 6.07 Å². The van der Waals surface area contributed by atoms with Crippen molar-refractivity contribution in [2.45, 2.75) is 32.7 Å². The van der Waals surface area contributed by atoms with Gasteiger partial charge in [0.05, 0.1) is 19.8 Å². The Kier molecular flexibility index (Phi) is 5.04. The van der Waals surface area contributed by atoms with Crippen LogP contribution in [-0.2, 0) is 44.5 Å². The van der Waals surface area contributed by atoms with Crippen LogP contribution in [0.4, 0.5) is 0 Å². The molecule has 0 amide bonds. The van der Waals surface area contributed by atoms with Gasteiger partial charge in [0.1, 0.15) is 5.82 Å². The number of imidazole rings is 1. The van der Waals surface area contributed by atoms with Gasteiger partial charge in [0.2, 0.25) is 0 Å². The number of aryl methyl sites for hydroxylation is 1. The Morgan fingerprint density at radius 3 is 2.88 bits per heavy atom. The van der Waals surface area contributed by atoms with E-state index in [0.717, 1.165) is 37.4 Å². The van der Waals surface area contributed by atoms with Gasteiger partial charge < -0.3 is 9.30 Å². The van der Waals surface area contributed by atoms with Crippen molar-refractivity contribution in [3.05, 3.63) is 77.4 Å². The largest absolute Gasteiger partial charge is 0.372 e. The highest BCUT2D eigenvalue weighted by molar-refractivity contribution is 5.33. The van der Waals surface area contributed by atoms with Gasteiger partial charge in [-0.15, -0.1) is 0 Å². The molecule has 134 valence electrons. The van der Waals surface area contributed by atoms with Gasteiger partial charge in [-0.05, 0) is 34.7 Å². The first-order valence-corrected chi connectivity index (χ1v) is 8.89. The van der Waals surface area contributed by atoms with Crippen LogP contribution in [0.1, 0.15) is 28.1 Å². The van der Waals surface area contributed by atoms with E-state index in [2.05, 4.69) is 24.4 Å². The van der Waals surface area contributed by atoms with E-state index in [1.807, 2.05) is 50.2 Å². The molecule has 0 aliphatic carbocycles. The van der Waals surface area contributed by atoms with Gasteiger partial charge in [0, 0.05) is 57.3 Å². The Morgan fingerprint density at radius 1 is 1.12 bits per heavy atom. The van der Waals surface area contributed by atoms with E-state index < -0.39 is 0 Å². The maximum Gasteiger partial charge on any atom is 0.122 e. The highest BCUT2D eigenvalue weighted by Crippen LogP contribution is 2.23. The van der Waals surface area contributed by atoms with Crippen molar-refractivity contribution in [1.29, 1.82) is 0 Å². The molecule has 1 aliphatic rings. The second-order valence-corrected chi connectivity index (χ2v) is 6.71. The zero-order valence-corrected chi connectivity index (χ0v) is 15.0. The minimum Gasteiger partial charge on any atom is -0.372 e. The third-order valence-electron chi connectivity index (χ3n) is 4.84. The lowest BCUT2D eigenvalue weighted by atomic mass is 9.97. The van der Waals surface area contributed by atoms with Crippen molar-refractivity contribution < 1.29 is 4.74 Å². The summed E-state index contributed by atoms with van der Waals surface area (Å²) in [6.45, 7) is 3.96. The van der Waals surface area contributed by atoms with E-state index in [9.17, 15) is 0 Å². The first kappa shape index (κ1) is 16.9. The maximum atomic E-state index is 5.89. The third-order valence-corrected chi connectivity index (χ3v) is 4.84. The first-order valence-electron chi connectivity index (χ1n) is 8.89. The summed E-state index contributed by atoms with van der Waals surface area (Å²) in [5.41, 5.74) is 4.98. The summed E-state index contributed by atoms with van der Waals surface area (Å²) < 4.78 is 7.97. The standard InChI is InChI=1S/C20H23N5O/c1-24-8-6-23-20(24)13-25-7-4-19-17(12-25)10-22-11-18(19)15-26-14-16-3-2-5-21-9-16/h2-3,5-6,8-11H,4,7,12-15H2,1H3. The van der Waals surface area contributed by atoms with Crippen LogP contribution < -0.4 is 0 Å². The summed E-state index contributed by atoms with van der Waals surface area (Å²) in [4.78, 5) is 15.4. The molecule has 0 fully saturated rings. The number of rotatable bonds is 6. The molecular weight excluding hydrogens is 326 g/mol. The molecule has 3 aromatic rings. The Morgan fingerprint density at radius 2 is 2.08 bits per heavy atom. The third kappa shape index (κ3) is 3.81. The molecule has 4 heterocycles. The summed E-state index contributed by atoms with van der Waals surface area (Å²) in [6, 6.07) is 3.96. The van der Waals surface area contributed by atoms with Crippen LogP contribution in [0.25, 0.3) is 0 Å². The van der Waals surface area contributed by atoms with E-state index >= 15 is 0 Å². The van der Waals surface area contributed by atoms with Crippen molar-refractivity contribution >= 4 is 0 Å². The Balaban J connectivity index is 1.39. The summed E-state index contributed by atoms with van der Waals surface area (Å²) in [6.07, 6.45) is 12.4. The molecule has 3 aromatic heterocycles. The van der Waals surface area contributed by atoms with Gasteiger partial charge >= 0.3 is 0 Å². The van der Waals surface area contributed by atoms with Crippen molar-refractivity contribution in [2.75, 3.05) is 6.54 Å². The number of ether oxygens (including phenoxy) is 1. The lowest BCUT2D eigenvalue weighted by Gasteiger charge is -2.29.